The predicted molar refractivity (Wildman–Crippen MR) is 119 cm³/mol. The Morgan fingerprint density at radius 1 is 1.28 bits per heavy atom. The molecule has 0 spiro atoms. The molecule has 1 amide bonds. The van der Waals surface area contributed by atoms with Crippen LogP contribution in [-0.4, -0.2) is 46.7 Å². The van der Waals surface area contributed by atoms with E-state index in [1.807, 2.05) is 12.1 Å². The summed E-state index contributed by atoms with van der Waals surface area (Å²) in [5.74, 6) is 0.416. The van der Waals surface area contributed by atoms with Crippen molar-refractivity contribution in [3.63, 3.8) is 0 Å². The van der Waals surface area contributed by atoms with Crippen LogP contribution < -0.4 is 10.2 Å². The highest BCUT2D eigenvalue weighted by molar-refractivity contribution is 6.30. The molecule has 1 aromatic carbocycles. The average molecular weight is 447 g/mol. The fourth-order valence-electron chi connectivity index (χ4n) is 3.93. The van der Waals surface area contributed by atoms with Gasteiger partial charge in [0.15, 0.2) is 0 Å². The minimum absolute atomic E-state index is 0.112. The number of pyridine rings is 1. The number of hydrogen-bond acceptors (Lipinski definition) is 7. The standard InChI is InChI=1S/C23H19ClN6O2/c24-22-15(2-1-5-26-22)10-20(31)30-7-4-14-8-16(9-17(11-25)21(14)30)19-3-6-27-23(29-19)28-18-12-32-13-18/h1-3,5-6,8-9,18H,4,7,10,12-13H2,(H,27,28,29). The highest BCUT2D eigenvalue weighted by atomic mass is 35.5. The largest absolute Gasteiger partial charge is 0.377 e. The van der Waals surface area contributed by atoms with Gasteiger partial charge in [0.2, 0.25) is 11.9 Å². The summed E-state index contributed by atoms with van der Waals surface area (Å²) >= 11 is 6.12. The Morgan fingerprint density at radius 3 is 2.91 bits per heavy atom. The zero-order valence-electron chi connectivity index (χ0n) is 17.1. The second-order valence-corrected chi connectivity index (χ2v) is 8.07. The number of fused-ring (bicyclic) bond motifs is 1. The van der Waals surface area contributed by atoms with Crippen molar-refractivity contribution >= 4 is 29.1 Å². The van der Waals surface area contributed by atoms with E-state index in [-0.39, 0.29) is 18.4 Å². The zero-order chi connectivity index (χ0) is 22.1. The molecule has 3 aromatic rings. The smallest absolute Gasteiger partial charge is 0.231 e. The van der Waals surface area contributed by atoms with Crippen LogP contribution in [0.5, 0.6) is 0 Å². The first-order chi connectivity index (χ1) is 15.6. The van der Waals surface area contributed by atoms with Gasteiger partial charge in [-0.05, 0) is 41.8 Å². The van der Waals surface area contributed by atoms with Crippen LogP contribution in [0.3, 0.4) is 0 Å². The number of carbonyl (C=O) groups excluding carboxylic acids is 1. The summed E-state index contributed by atoms with van der Waals surface area (Å²) in [5, 5.41) is 13.4. The number of amides is 1. The van der Waals surface area contributed by atoms with Gasteiger partial charge in [0.1, 0.15) is 11.2 Å². The molecule has 0 saturated carbocycles. The number of halogens is 1. The Bertz CT molecular complexity index is 1240. The van der Waals surface area contributed by atoms with E-state index < -0.39 is 0 Å². The summed E-state index contributed by atoms with van der Waals surface area (Å²) in [6.07, 6.45) is 4.08. The highest BCUT2D eigenvalue weighted by Crippen LogP contribution is 2.36. The molecular formula is C23H19ClN6O2. The summed E-state index contributed by atoms with van der Waals surface area (Å²) in [5.41, 5.74) is 4.27. The van der Waals surface area contributed by atoms with E-state index in [0.29, 0.717) is 59.8 Å². The van der Waals surface area contributed by atoms with Gasteiger partial charge < -0.3 is 15.0 Å². The van der Waals surface area contributed by atoms with E-state index in [9.17, 15) is 10.1 Å². The summed E-state index contributed by atoms with van der Waals surface area (Å²) in [6.45, 7) is 1.79. The van der Waals surface area contributed by atoms with Crippen molar-refractivity contribution < 1.29 is 9.53 Å². The molecule has 32 heavy (non-hydrogen) atoms. The molecule has 4 heterocycles. The number of rotatable bonds is 5. The minimum Gasteiger partial charge on any atom is -0.377 e. The van der Waals surface area contributed by atoms with Crippen LogP contribution in [0.1, 0.15) is 16.7 Å². The van der Waals surface area contributed by atoms with E-state index in [1.54, 1.807) is 35.5 Å². The quantitative estimate of drug-likeness (QED) is 0.600. The molecule has 5 rings (SSSR count). The van der Waals surface area contributed by atoms with Gasteiger partial charge in [0.05, 0.1) is 42.6 Å². The SMILES string of the molecule is N#Cc1cc(-c2ccnc(NC3COC3)n2)cc2c1N(C(=O)Cc1cccnc1Cl)CC2. The number of carbonyl (C=O) groups is 1. The van der Waals surface area contributed by atoms with Crippen LogP contribution in [-0.2, 0) is 22.4 Å². The molecule has 1 fully saturated rings. The maximum atomic E-state index is 13.0. The van der Waals surface area contributed by atoms with Gasteiger partial charge in [-0.25, -0.2) is 15.0 Å². The van der Waals surface area contributed by atoms with Gasteiger partial charge in [0.25, 0.3) is 0 Å². The molecule has 0 atom stereocenters. The Morgan fingerprint density at radius 2 is 2.16 bits per heavy atom. The third-order valence-electron chi connectivity index (χ3n) is 5.59. The van der Waals surface area contributed by atoms with Crippen LogP contribution in [0, 0.1) is 11.3 Å². The number of hydrogen-bond donors (Lipinski definition) is 1. The Labute approximate surface area is 189 Å². The lowest BCUT2D eigenvalue weighted by atomic mass is 10.0. The van der Waals surface area contributed by atoms with Crippen LogP contribution in [0.2, 0.25) is 5.15 Å². The number of anilines is 2. The molecule has 9 heteroatoms. The van der Waals surface area contributed by atoms with E-state index in [4.69, 9.17) is 16.3 Å². The maximum Gasteiger partial charge on any atom is 0.231 e. The lowest BCUT2D eigenvalue weighted by molar-refractivity contribution is -0.117. The van der Waals surface area contributed by atoms with E-state index in [0.717, 1.165) is 11.1 Å². The van der Waals surface area contributed by atoms with E-state index >= 15 is 0 Å². The van der Waals surface area contributed by atoms with E-state index in [2.05, 4.69) is 26.3 Å². The molecule has 1 saturated heterocycles. The highest BCUT2D eigenvalue weighted by Gasteiger charge is 2.29. The Balaban J connectivity index is 1.43. The number of nitrogens with zero attached hydrogens (tertiary/aromatic N) is 5. The van der Waals surface area contributed by atoms with Crippen molar-refractivity contribution in [1.82, 2.24) is 15.0 Å². The van der Waals surface area contributed by atoms with Crippen LogP contribution in [0.15, 0.2) is 42.7 Å². The van der Waals surface area contributed by atoms with Gasteiger partial charge >= 0.3 is 0 Å². The fourth-order valence-corrected chi connectivity index (χ4v) is 4.12. The van der Waals surface area contributed by atoms with Crippen LogP contribution in [0.4, 0.5) is 11.6 Å². The van der Waals surface area contributed by atoms with Gasteiger partial charge in [0, 0.05) is 24.5 Å². The van der Waals surface area contributed by atoms with Crippen LogP contribution >= 0.6 is 11.6 Å². The molecule has 2 aromatic heterocycles. The van der Waals surface area contributed by atoms with Gasteiger partial charge in [-0.1, -0.05) is 17.7 Å². The maximum absolute atomic E-state index is 13.0. The molecular weight excluding hydrogens is 428 g/mol. The van der Waals surface area contributed by atoms with Gasteiger partial charge in [-0.2, -0.15) is 5.26 Å². The van der Waals surface area contributed by atoms with Crippen molar-refractivity contribution in [2.24, 2.45) is 0 Å². The third-order valence-corrected chi connectivity index (χ3v) is 5.93. The number of aromatic nitrogens is 3. The lowest BCUT2D eigenvalue weighted by Gasteiger charge is -2.26. The van der Waals surface area contributed by atoms with Crippen molar-refractivity contribution in [1.29, 1.82) is 5.26 Å². The number of nitrogens with one attached hydrogen (secondary N) is 1. The summed E-state index contributed by atoms with van der Waals surface area (Å²) in [4.78, 5) is 27.6. The lowest BCUT2D eigenvalue weighted by Crippen LogP contribution is -2.40. The van der Waals surface area contributed by atoms with E-state index in [1.165, 1.54) is 0 Å². The summed E-state index contributed by atoms with van der Waals surface area (Å²) in [7, 11) is 0. The topological polar surface area (TPSA) is 104 Å². The van der Waals surface area contributed by atoms with Gasteiger partial charge in [-0.3, -0.25) is 4.79 Å². The first-order valence-corrected chi connectivity index (χ1v) is 10.6. The average Bonchev–Trinajstić information content (AvgIpc) is 3.22. The molecule has 1 N–H and O–H groups in total. The normalized spacial score (nSPS) is 15.1. The van der Waals surface area contributed by atoms with Gasteiger partial charge in [-0.15, -0.1) is 0 Å². The molecule has 160 valence electrons. The molecule has 0 radical (unpaired) electrons. The summed E-state index contributed by atoms with van der Waals surface area (Å²) in [6, 6.07) is 11.6. The predicted octanol–water partition coefficient (Wildman–Crippen LogP) is 3.01. The third kappa shape index (κ3) is 3.88. The Hall–Kier alpha value is -3.54. The first-order valence-electron chi connectivity index (χ1n) is 10.3. The second kappa shape index (κ2) is 8.54. The Kier molecular flexibility index (Phi) is 5.43. The molecule has 2 aliphatic heterocycles. The molecule has 0 aliphatic carbocycles. The molecule has 0 bridgehead atoms. The van der Waals surface area contributed by atoms with Crippen molar-refractivity contribution in [3.05, 3.63) is 64.6 Å². The monoisotopic (exact) mass is 446 g/mol. The minimum atomic E-state index is -0.112. The molecule has 2 aliphatic rings. The zero-order valence-corrected chi connectivity index (χ0v) is 17.8. The first kappa shape index (κ1) is 20.4. The number of nitriles is 1. The number of benzene rings is 1. The van der Waals surface area contributed by atoms with Crippen LogP contribution in [0.25, 0.3) is 11.3 Å². The van der Waals surface area contributed by atoms with Crippen molar-refractivity contribution in [2.45, 2.75) is 18.9 Å². The summed E-state index contributed by atoms with van der Waals surface area (Å²) < 4.78 is 5.18. The molecule has 0 unspecified atom stereocenters. The fraction of sp³-hybridized carbons (Fsp3) is 0.261. The molecule has 8 nitrogen and oxygen atoms in total. The van der Waals surface area contributed by atoms with Crippen molar-refractivity contribution in [3.8, 4) is 17.3 Å². The van der Waals surface area contributed by atoms with Crippen molar-refractivity contribution in [2.75, 3.05) is 30.0 Å². The second-order valence-electron chi connectivity index (χ2n) is 7.71. The number of ether oxygens (including phenoxy) is 1.